The standard InChI is InChI=1S/C16H19ClN2OS/c1-9(2)8-19-15(21)18-14-10(3)16(19,4)20-13-6-5-11(17)7-12(13)14/h5-7,10,14H,1,8H2,2-4H3,(H,18,21). The fraction of sp³-hybridized carbons (Fsp3) is 0.438. The summed E-state index contributed by atoms with van der Waals surface area (Å²) in [5, 5.41) is 4.86. The van der Waals surface area contributed by atoms with Gasteiger partial charge in [0.25, 0.3) is 0 Å². The lowest BCUT2D eigenvalue weighted by Crippen LogP contribution is -2.69. The Labute approximate surface area is 135 Å². The molecule has 1 aromatic rings. The Hall–Kier alpha value is -1.26. The van der Waals surface area contributed by atoms with Gasteiger partial charge in [-0.3, -0.25) is 0 Å². The van der Waals surface area contributed by atoms with Crippen LogP contribution < -0.4 is 10.1 Å². The molecule has 5 heteroatoms. The van der Waals surface area contributed by atoms with Gasteiger partial charge < -0.3 is 15.0 Å². The van der Waals surface area contributed by atoms with E-state index in [0.29, 0.717) is 16.7 Å². The predicted octanol–water partition coefficient (Wildman–Crippen LogP) is 3.89. The van der Waals surface area contributed by atoms with Crippen LogP contribution in [0.25, 0.3) is 0 Å². The van der Waals surface area contributed by atoms with Gasteiger partial charge in [0.1, 0.15) is 5.75 Å². The normalized spacial score (nSPS) is 30.3. The van der Waals surface area contributed by atoms with Gasteiger partial charge in [-0.1, -0.05) is 30.7 Å². The molecule has 2 aliphatic heterocycles. The lowest BCUT2D eigenvalue weighted by atomic mass is 9.81. The van der Waals surface area contributed by atoms with Crippen LogP contribution in [-0.2, 0) is 0 Å². The molecule has 1 fully saturated rings. The van der Waals surface area contributed by atoms with Gasteiger partial charge in [-0.05, 0) is 44.3 Å². The number of hydrogen-bond donors (Lipinski definition) is 1. The van der Waals surface area contributed by atoms with Crippen LogP contribution in [0, 0.1) is 5.92 Å². The first-order chi connectivity index (χ1) is 9.83. The zero-order valence-electron chi connectivity index (χ0n) is 12.4. The second-order valence-corrected chi connectivity index (χ2v) is 6.92. The second kappa shape index (κ2) is 4.89. The highest BCUT2D eigenvalue weighted by molar-refractivity contribution is 7.80. The predicted molar refractivity (Wildman–Crippen MR) is 89.6 cm³/mol. The van der Waals surface area contributed by atoms with Crippen molar-refractivity contribution in [1.29, 1.82) is 0 Å². The zero-order valence-corrected chi connectivity index (χ0v) is 14.0. The molecule has 1 saturated heterocycles. The van der Waals surface area contributed by atoms with Crippen molar-refractivity contribution in [3.63, 3.8) is 0 Å². The summed E-state index contributed by atoms with van der Waals surface area (Å²) in [4.78, 5) is 2.09. The SMILES string of the molecule is C=C(C)CN1C(=S)NC2c3cc(Cl)ccc3OC1(C)C2C. The molecule has 3 unspecified atom stereocenters. The molecular weight excluding hydrogens is 304 g/mol. The Bertz CT molecular complexity index is 633. The Morgan fingerprint density at radius 2 is 2.29 bits per heavy atom. The van der Waals surface area contributed by atoms with E-state index in [1.807, 2.05) is 25.1 Å². The van der Waals surface area contributed by atoms with Crippen LogP contribution >= 0.6 is 23.8 Å². The molecular formula is C16H19ClN2OS. The number of thiocarbonyl (C=S) groups is 1. The number of fused-ring (bicyclic) bond motifs is 4. The maximum absolute atomic E-state index is 6.34. The van der Waals surface area contributed by atoms with Crippen molar-refractivity contribution in [3.05, 3.63) is 40.9 Å². The topological polar surface area (TPSA) is 24.5 Å². The first kappa shape index (κ1) is 14.7. The highest BCUT2D eigenvalue weighted by Gasteiger charge is 2.53. The van der Waals surface area contributed by atoms with Gasteiger partial charge >= 0.3 is 0 Å². The summed E-state index contributed by atoms with van der Waals surface area (Å²) in [7, 11) is 0. The number of ether oxygens (including phenoxy) is 1. The van der Waals surface area contributed by atoms with Crippen molar-refractivity contribution in [2.24, 2.45) is 5.92 Å². The number of rotatable bonds is 2. The van der Waals surface area contributed by atoms with Gasteiger partial charge in [-0.2, -0.15) is 0 Å². The summed E-state index contributed by atoms with van der Waals surface area (Å²) in [6.45, 7) is 11.0. The summed E-state index contributed by atoms with van der Waals surface area (Å²) in [5.41, 5.74) is 1.65. The second-order valence-electron chi connectivity index (χ2n) is 6.10. The summed E-state index contributed by atoms with van der Waals surface area (Å²) < 4.78 is 6.34. The van der Waals surface area contributed by atoms with Gasteiger partial charge in [0.2, 0.25) is 0 Å². The van der Waals surface area contributed by atoms with Gasteiger partial charge in [-0.25, -0.2) is 0 Å². The van der Waals surface area contributed by atoms with Crippen molar-refractivity contribution >= 4 is 28.9 Å². The van der Waals surface area contributed by atoms with E-state index in [2.05, 4.69) is 30.6 Å². The molecule has 2 bridgehead atoms. The fourth-order valence-corrected chi connectivity index (χ4v) is 3.72. The zero-order chi connectivity index (χ0) is 15.4. The Balaban J connectivity index is 2.09. The maximum atomic E-state index is 6.34. The van der Waals surface area contributed by atoms with E-state index in [4.69, 9.17) is 28.6 Å². The first-order valence-corrected chi connectivity index (χ1v) is 7.82. The molecule has 0 amide bonds. The van der Waals surface area contributed by atoms with E-state index >= 15 is 0 Å². The lowest BCUT2D eigenvalue weighted by molar-refractivity contribution is -0.107. The van der Waals surface area contributed by atoms with Crippen LogP contribution in [0.2, 0.25) is 5.02 Å². The minimum absolute atomic E-state index is 0.117. The van der Waals surface area contributed by atoms with Gasteiger partial charge in [0.15, 0.2) is 10.8 Å². The number of halogens is 1. The Kier molecular flexibility index (Phi) is 3.41. The fourth-order valence-electron chi connectivity index (χ4n) is 3.16. The van der Waals surface area contributed by atoms with Crippen molar-refractivity contribution in [1.82, 2.24) is 10.2 Å². The summed E-state index contributed by atoms with van der Waals surface area (Å²) in [6.07, 6.45) is 0. The Morgan fingerprint density at radius 1 is 1.57 bits per heavy atom. The number of nitrogens with one attached hydrogen (secondary N) is 1. The number of hydrogen-bond acceptors (Lipinski definition) is 2. The minimum atomic E-state index is -0.479. The smallest absolute Gasteiger partial charge is 0.187 e. The van der Waals surface area contributed by atoms with Crippen molar-refractivity contribution < 1.29 is 4.74 Å². The minimum Gasteiger partial charge on any atom is -0.467 e. The highest BCUT2D eigenvalue weighted by Crippen LogP contribution is 2.48. The molecule has 0 aromatic heterocycles. The van der Waals surface area contributed by atoms with Gasteiger partial charge in [-0.15, -0.1) is 0 Å². The maximum Gasteiger partial charge on any atom is 0.187 e. The van der Waals surface area contributed by atoms with Crippen LogP contribution in [-0.4, -0.2) is 22.3 Å². The van der Waals surface area contributed by atoms with E-state index in [1.54, 1.807) is 0 Å². The molecule has 0 spiro atoms. The summed E-state index contributed by atoms with van der Waals surface area (Å²) in [6, 6.07) is 5.87. The largest absolute Gasteiger partial charge is 0.467 e. The third kappa shape index (κ3) is 2.21. The number of benzene rings is 1. The third-order valence-electron chi connectivity index (χ3n) is 4.46. The average Bonchev–Trinajstić information content (AvgIpc) is 2.40. The molecule has 3 atom stereocenters. The first-order valence-electron chi connectivity index (χ1n) is 7.04. The van der Waals surface area contributed by atoms with Crippen molar-refractivity contribution in [2.45, 2.75) is 32.5 Å². The molecule has 0 aliphatic carbocycles. The van der Waals surface area contributed by atoms with E-state index in [0.717, 1.165) is 16.9 Å². The summed E-state index contributed by atoms with van der Waals surface area (Å²) >= 11 is 11.7. The van der Waals surface area contributed by atoms with Crippen molar-refractivity contribution in [2.75, 3.05) is 6.54 Å². The van der Waals surface area contributed by atoms with Crippen LogP contribution in [0.3, 0.4) is 0 Å². The molecule has 0 radical (unpaired) electrons. The lowest BCUT2D eigenvalue weighted by Gasteiger charge is -2.56. The molecule has 112 valence electrons. The third-order valence-corrected chi connectivity index (χ3v) is 5.03. The molecule has 3 rings (SSSR count). The van der Waals surface area contributed by atoms with E-state index in [9.17, 15) is 0 Å². The van der Waals surface area contributed by atoms with Crippen molar-refractivity contribution in [3.8, 4) is 5.75 Å². The molecule has 1 N–H and O–H groups in total. The Morgan fingerprint density at radius 3 is 2.95 bits per heavy atom. The summed E-state index contributed by atoms with van der Waals surface area (Å²) in [5.74, 6) is 1.10. The van der Waals surface area contributed by atoms with Crippen LogP contribution in [0.15, 0.2) is 30.4 Å². The van der Waals surface area contributed by atoms with E-state index < -0.39 is 5.72 Å². The van der Waals surface area contributed by atoms with Gasteiger partial charge in [0.05, 0.1) is 6.04 Å². The molecule has 21 heavy (non-hydrogen) atoms. The van der Waals surface area contributed by atoms with Crippen LogP contribution in [0.4, 0.5) is 0 Å². The number of nitrogens with zero attached hydrogens (tertiary/aromatic N) is 1. The molecule has 1 aromatic carbocycles. The molecule has 0 saturated carbocycles. The van der Waals surface area contributed by atoms with Gasteiger partial charge in [0, 0.05) is 23.0 Å². The van der Waals surface area contributed by atoms with Crippen LogP contribution in [0.5, 0.6) is 5.75 Å². The van der Waals surface area contributed by atoms with Crippen LogP contribution in [0.1, 0.15) is 32.4 Å². The molecule has 2 heterocycles. The van der Waals surface area contributed by atoms with E-state index in [1.165, 1.54) is 0 Å². The monoisotopic (exact) mass is 322 g/mol. The average molecular weight is 323 g/mol. The quantitative estimate of drug-likeness (QED) is 0.659. The molecule has 3 nitrogen and oxygen atoms in total. The molecule has 2 aliphatic rings. The van der Waals surface area contributed by atoms with E-state index in [-0.39, 0.29) is 12.0 Å². The highest BCUT2D eigenvalue weighted by atomic mass is 35.5.